The van der Waals surface area contributed by atoms with Gasteiger partial charge in [0.05, 0.1) is 5.56 Å². The summed E-state index contributed by atoms with van der Waals surface area (Å²) in [5, 5.41) is 7.51. The Morgan fingerprint density at radius 2 is 2.22 bits per heavy atom. The fraction of sp³-hybridized carbons (Fsp3) is 0.412. The molecule has 23 heavy (non-hydrogen) atoms. The number of carbonyl (C=O) groups is 1. The van der Waals surface area contributed by atoms with Crippen molar-refractivity contribution in [2.75, 3.05) is 0 Å². The van der Waals surface area contributed by atoms with Crippen molar-refractivity contribution in [3.05, 3.63) is 46.3 Å². The average molecular weight is 335 g/mol. The van der Waals surface area contributed by atoms with Crippen LogP contribution in [0.5, 0.6) is 5.75 Å². The van der Waals surface area contributed by atoms with E-state index in [0.29, 0.717) is 27.8 Å². The van der Waals surface area contributed by atoms with Crippen molar-refractivity contribution < 1.29 is 14.1 Å². The van der Waals surface area contributed by atoms with Crippen molar-refractivity contribution >= 4 is 17.5 Å². The molecule has 1 amide bonds. The highest BCUT2D eigenvalue weighted by Crippen LogP contribution is 2.22. The van der Waals surface area contributed by atoms with E-state index in [0.717, 1.165) is 25.7 Å². The summed E-state index contributed by atoms with van der Waals surface area (Å²) >= 11 is 5.94. The number of aromatic nitrogens is 1. The number of aryl methyl sites for hydroxylation is 1. The normalized spacial score (nSPS) is 14.9. The monoisotopic (exact) mass is 334 g/mol. The van der Waals surface area contributed by atoms with Crippen LogP contribution in [0.2, 0.25) is 5.02 Å². The number of halogens is 1. The van der Waals surface area contributed by atoms with E-state index in [2.05, 4.69) is 10.5 Å². The van der Waals surface area contributed by atoms with Gasteiger partial charge in [-0.15, -0.1) is 0 Å². The topological polar surface area (TPSA) is 64.4 Å². The maximum absolute atomic E-state index is 12.4. The van der Waals surface area contributed by atoms with E-state index < -0.39 is 0 Å². The van der Waals surface area contributed by atoms with Crippen molar-refractivity contribution in [3.8, 4) is 5.75 Å². The number of nitrogens with one attached hydrogen (secondary N) is 1. The largest absolute Gasteiger partial charge is 0.489 e. The molecule has 1 aliphatic carbocycles. The molecule has 1 fully saturated rings. The maximum Gasteiger partial charge on any atom is 0.274 e. The fourth-order valence-electron chi connectivity index (χ4n) is 2.78. The Hall–Kier alpha value is -2.01. The van der Waals surface area contributed by atoms with Gasteiger partial charge in [0.2, 0.25) is 0 Å². The van der Waals surface area contributed by atoms with Crippen LogP contribution in [0.1, 0.15) is 47.5 Å². The van der Waals surface area contributed by atoms with Crippen LogP contribution in [-0.4, -0.2) is 17.1 Å². The highest BCUT2D eigenvalue weighted by Gasteiger charge is 2.24. The Morgan fingerprint density at radius 3 is 2.96 bits per heavy atom. The van der Waals surface area contributed by atoms with E-state index in [1.165, 1.54) is 0 Å². The highest BCUT2D eigenvalue weighted by molar-refractivity contribution is 6.30. The molecule has 1 aliphatic rings. The van der Waals surface area contributed by atoms with Gasteiger partial charge in [0.15, 0.2) is 5.69 Å². The number of carbonyl (C=O) groups excluding carboxylic acids is 1. The van der Waals surface area contributed by atoms with E-state index in [9.17, 15) is 4.79 Å². The zero-order valence-electron chi connectivity index (χ0n) is 13.0. The molecule has 0 saturated heterocycles. The van der Waals surface area contributed by atoms with Crippen LogP contribution in [0, 0.1) is 6.92 Å². The minimum Gasteiger partial charge on any atom is -0.489 e. The van der Waals surface area contributed by atoms with Crippen molar-refractivity contribution in [2.45, 2.75) is 45.3 Å². The van der Waals surface area contributed by atoms with E-state index >= 15 is 0 Å². The van der Waals surface area contributed by atoms with Crippen LogP contribution in [0.15, 0.2) is 28.8 Å². The standard InChI is InChI=1S/C17H19ClN2O3/c1-11-15(10-22-14-8-4-5-12(18)9-14)16(20-23-11)17(21)19-13-6-2-3-7-13/h4-5,8-9,13H,2-3,6-7,10H2,1H3,(H,19,21). The van der Waals surface area contributed by atoms with Crippen molar-refractivity contribution in [1.29, 1.82) is 0 Å². The first-order valence-corrected chi connectivity index (χ1v) is 8.15. The van der Waals surface area contributed by atoms with Crippen LogP contribution >= 0.6 is 11.6 Å². The van der Waals surface area contributed by atoms with Gasteiger partial charge in [-0.2, -0.15) is 0 Å². The molecule has 5 nitrogen and oxygen atoms in total. The lowest BCUT2D eigenvalue weighted by molar-refractivity contribution is 0.0926. The highest BCUT2D eigenvalue weighted by atomic mass is 35.5. The summed E-state index contributed by atoms with van der Waals surface area (Å²) in [7, 11) is 0. The van der Waals surface area contributed by atoms with Crippen molar-refractivity contribution in [2.24, 2.45) is 0 Å². The summed E-state index contributed by atoms with van der Waals surface area (Å²) in [5.74, 6) is 1.03. The molecule has 1 saturated carbocycles. The Kier molecular flexibility index (Phi) is 4.86. The SMILES string of the molecule is Cc1onc(C(=O)NC2CCCC2)c1COc1cccc(Cl)c1. The molecule has 0 aliphatic heterocycles. The van der Waals surface area contributed by atoms with E-state index in [1.54, 1.807) is 19.1 Å². The van der Waals surface area contributed by atoms with Gasteiger partial charge >= 0.3 is 0 Å². The molecule has 1 N–H and O–H groups in total. The van der Waals surface area contributed by atoms with Gasteiger partial charge in [0, 0.05) is 11.1 Å². The fourth-order valence-corrected chi connectivity index (χ4v) is 2.96. The lowest BCUT2D eigenvalue weighted by Crippen LogP contribution is -2.33. The first-order valence-electron chi connectivity index (χ1n) is 7.78. The van der Waals surface area contributed by atoms with Gasteiger partial charge < -0.3 is 14.6 Å². The van der Waals surface area contributed by atoms with Gasteiger partial charge in [-0.25, -0.2) is 0 Å². The van der Waals surface area contributed by atoms with Crippen LogP contribution in [-0.2, 0) is 6.61 Å². The second kappa shape index (κ2) is 7.04. The van der Waals surface area contributed by atoms with Crippen molar-refractivity contribution in [1.82, 2.24) is 10.5 Å². The first kappa shape index (κ1) is 15.9. The molecule has 3 rings (SSSR count). The molecular formula is C17H19ClN2O3. The van der Waals surface area contributed by atoms with Gasteiger partial charge in [-0.05, 0) is 38.0 Å². The molecule has 1 aromatic heterocycles. The van der Waals surface area contributed by atoms with Crippen LogP contribution < -0.4 is 10.1 Å². The molecule has 0 unspecified atom stereocenters. The number of hydrogen-bond donors (Lipinski definition) is 1. The summed E-state index contributed by atoms with van der Waals surface area (Å²) in [5.41, 5.74) is 0.969. The molecule has 0 bridgehead atoms. The van der Waals surface area contributed by atoms with E-state index in [4.69, 9.17) is 20.9 Å². The smallest absolute Gasteiger partial charge is 0.274 e. The Bertz CT molecular complexity index is 693. The van der Waals surface area contributed by atoms with Gasteiger partial charge in [0.1, 0.15) is 18.1 Å². The van der Waals surface area contributed by atoms with Crippen molar-refractivity contribution in [3.63, 3.8) is 0 Å². The quantitative estimate of drug-likeness (QED) is 0.901. The van der Waals surface area contributed by atoms with Gasteiger partial charge in [-0.1, -0.05) is 35.7 Å². The molecule has 122 valence electrons. The Labute approximate surface area is 139 Å². The molecule has 0 radical (unpaired) electrons. The minimum atomic E-state index is -0.196. The number of ether oxygens (including phenoxy) is 1. The van der Waals surface area contributed by atoms with Gasteiger partial charge in [-0.3, -0.25) is 4.79 Å². The third kappa shape index (κ3) is 3.85. The number of rotatable bonds is 5. The zero-order valence-corrected chi connectivity index (χ0v) is 13.7. The first-order chi connectivity index (χ1) is 11.1. The molecule has 1 heterocycles. The maximum atomic E-state index is 12.4. The summed E-state index contributed by atoms with van der Waals surface area (Å²) < 4.78 is 10.9. The lowest BCUT2D eigenvalue weighted by atomic mass is 10.1. The summed E-state index contributed by atoms with van der Waals surface area (Å²) in [6.45, 7) is 1.99. The Balaban J connectivity index is 1.69. The van der Waals surface area contributed by atoms with Crippen LogP contribution in [0.25, 0.3) is 0 Å². The molecule has 2 aromatic rings. The third-order valence-electron chi connectivity index (χ3n) is 4.07. The summed E-state index contributed by atoms with van der Waals surface area (Å²) in [6, 6.07) is 7.36. The number of amides is 1. The molecule has 1 aromatic carbocycles. The molecular weight excluding hydrogens is 316 g/mol. The molecule has 0 spiro atoms. The minimum absolute atomic E-state index is 0.196. The number of benzene rings is 1. The van der Waals surface area contributed by atoms with Crippen LogP contribution in [0.3, 0.4) is 0 Å². The predicted molar refractivity (Wildman–Crippen MR) is 86.7 cm³/mol. The zero-order chi connectivity index (χ0) is 16.2. The van der Waals surface area contributed by atoms with E-state index in [1.807, 2.05) is 12.1 Å². The summed E-state index contributed by atoms with van der Waals surface area (Å²) in [4.78, 5) is 12.4. The van der Waals surface area contributed by atoms with Gasteiger partial charge in [0.25, 0.3) is 5.91 Å². The number of nitrogens with zero attached hydrogens (tertiary/aromatic N) is 1. The second-order valence-electron chi connectivity index (χ2n) is 5.77. The van der Waals surface area contributed by atoms with Crippen LogP contribution in [0.4, 0.5) is 0 Å². The predicted octanol–water partition coefficient (Wildman–Crippen LogP) is 3.89. The second-order valence-corrected chi connectivity index (χ2v) is 6.20. The Morgan fingerprint density at radius 1 is 1.43 bits per heavy atom. The summed E-state index contributed by atoms with van der Waals surface area (Å²) in [6.07, 6.45) is 4.37. The molecule has 6 heteroatoms. The molecule has 0 atom stereocenters. The van der Waals surface area contributed by atoms with E-state index in [-0.39, 0.29) is 18.6 Å². The average Bonchev–Trinajstić information content (AvgIpc) is 3.15. The third-order valence-corrected chi connectivity index (χ3v) is 4.30. The lowest BCUT2D eigenvalue weighted by Gasteiger charge is -2.11. The number of hydrogen-bond acceptors (Lipinski definition) is 4.